The van der Waals surface area contributed by atoms with Crippen molar-refractivity contribution in [2.75, 3.05) is 24.5 Å². The average molecular weight is 446 g/mol. The Morgan fingerprint density at radius 1 is 1.41 bits per heavy atom. The largest absolute Gasteiger partial charge is 0.477 e. The molecule has 1 atom stereocenters. The van der Waals surface area contributed by atoms with E-state index in [0.717, 1.165) is 18.9 Å². The van der Waals surface area contributed by atoms with Crippen molar-refractivity contribution < 1.29 is 19.4 Å². The van der Waals surface area contributed by atoms with Gasteiger partial charge in [-0.2, -0.15) is 0 Å². The summed E-state index contributed by atoms with van der Waals surface area (Å²) in [6.45, 7) is 0.907. The van der Waals surface area contributed by atoms with Crippen LogP contribution in [0.2, 0.25) is 5.02 Å². The van der Waals surface area contributed by atoms with Crippen molar-refractivity contribution in [3.8, 4) is 0 Å². The fraction of sp³-hybridized carbons (Fsp3) is 0.474. The van der Waals surface area contributed by atoms with Crippen molar-refractivity contribution in [3.05, 3.63) is 38.9 Å². The van der Waals surface area contributed by atoms with Crippen LogP contribution >= 0.6 is 24.0 Å². The van der Waals surface area contributed by atoms with Crippen molar-refractivity contribution in [2.24, 2.45) is 5.73 Å². The summed E-state index contributed by atoms with van der Waals surface area (Å²) in [7, 11) is 0. The summed E-state index contributed by atoms with van der Waals surface area (Å²) >= 11 is 6.58. The lowest BCUT2D eigenvalue weighted by molar-refractivity contribution is 0.0567. The van der Waals surface area contributed by atoms with E-state index in [1.807, 2.05) is 0 Å². The van der Waals surface area contributed by atoms with E-state index < -0.39 is 28.4 Å². The number of carboxylic acid groups (broad SMARTS) is 1. The third kappa shape index (κ3) is 3.70. The number of fused-ring (bicyclic) bond motifs is 1. The number of benzene rings is 1. The number of carboxylic acids is 1. The van der Waals surface area contributed by atoms with Gasteiger partial charge in [0.25, 0.3) is 0 Å². The Hall–Kier alpha value is -1.87. The molecule has 1 unspecified atom stereocenters. The van der Waals surface area contributed by atoms with Gasteiger partial charge in [-0.15, -0.1) is 12.4 Å². The Balaban J connectivity index is 0.00000240. The maximum atomic E-state index is 15.0. The first kappa shape index (κ1) is 21.8. The zero-order valence-electron chi connectivity index (χ0n) is 15.5. The highest BCUT2D eigenvalue weighted by Gasteiger charge is 2.38. The summed E-state index contributed by atoms with van der Waals surface area (Å²) in [6.07, 6.45) is 3.80. The lowest BCUT2D eigenvalue weighted by Crippen LogP contribution is -2.35. The van der Waals surface area contributed by atoms with Gasteiger partial charge >= 0.3 is 5.97 Å². The number of aliphatic hydroxyl groups is 1. The van der Waals surface area contributed by atoms with Crippen molar-refractivity contribution in [1.82, 2.24) is 4.57 Å². The highest BCUT2D eigenvalue weighted by molar-refractivity contribution is 6.38. The van der Waals surface area contributed by atoms with Gasteiger partial charge < -0.3 is 25.4 Å². The first-order valence-corrected chi connectivity index (χ1v) is 9.61. The van der Waals surface area contributed by atoms with Gasteiger partial charge in [0.15, 0.2) is 0 Å². The molecule has 2 aromatic rings. The number of halogens is 3. The second kappa shape index (κ2) is 7.75. The van der Waals surface area contributed by atoms with Gasteiger partial charge in [-0.25, -0.2) is 9.18 Å². The molecule has 2 fully saturated rings. The number of aromatic nitrogens is 1. The summed E-state index contributed by atoms with van der Waals surface area (Å²) in [5.41, 5.74) is 3.85. The molecule has 1 saturated heterocycles. The smallest absolute Gasteiger partial charge is 0.341 e. The number of carbonyl (C=O) groups is 1. The van der Waals surface area contributed by atoms with Crippen LogP contribution in [-0.2, 0) is 0 Å². The monoisotopic (exact) mass is 445 g/mol. The number of hydrogen-bond acceptors (Lipinski definition) is 5. The quantitative estimate of drug-likeness (QED) is 0.652. The Labute approximate surface area is 177 Å². The summed E-state index contributed by atoms with van der Waals surface area (Å²) in [6, 6.07) is 1.09. The van der Waals surface area contributed by atoms with Crippen molar-refractivity contribution in [1.29, 1.82) is 0 Å². The normalized spacial score (nSPS) is 21.4. The maximum Gasteiger partial charge on any atom is 0.341 e. The topological polar surface area (TPSA) is 109 Å². The predicted molar refractivity (Wildman–Crippen MR) is 111 cm³/mol. The minimum absolute atomic E-state index is 0. The molecule has 2 heterocycles. The van der Waals surface area contributed by atoms with E-state index in [9.17, 15) is 19.8 Å². The molecule has 1 aromatic heterocycles. The number of nitrogens with two attached hydrogens (primary N) is 1. The second-order valence-electron chi connectivity index (χ2n) is 7.67. The molecule has 7 nitrogen and oxygen atoms in total. The summed E-state index contributed by atoms with van der Waals surface area (Å²) in [5, 5.41) is 20.0. The van der Waals surface area contributed by atoms with Crippen LogP contribution < -0.4 is 16.1 Å². The Morgan fingerprint density at radius 2 is 2.10 bits per heavy atom. The number of nitrogens with zero attached hydrogens (tertiary/aromatic N) is 2. The van der Waals surface area contributed by atoms with Crippen LogP contribution in [-0.4, -0.2) is 46.0 Å². The zero-order valence-corrected chi connectivity index (χ0v) is 17.1. The van der Waals surface area contributed by atoms with Gasteiger partial charge in [-0.1, -0.05) is 11.6 Å². The van der Waals surface area contributed by atoms with Crippen molar-refractivity contribution >= 4 is 46.6 Å². The molecule has 1 aliphatic carbocycles. The van der Waals surface area contributed by atoms with E-state index >= 15 is 4.39 Å². The first-order chi connectivity index (χ1) is 13.3. The fourth-order valence-electron chi connectivity index (χ4n) is 4.03. The number of pyridine rings is 1. The SMILES string of the molecule is Cl.NCCC1(O)CCN(c2c(F)cc3c(=O)c(C(=O)O)cn(C4CC4)c3c2Cl)C1. The molecule has 0 radical (unpaired) electrons. The summed E-state index contributed by atoms with van der Waals surface area (Å²) < 4.78 is 16.7. The van der Waals surface area contributed by atoms with E-state index in [4.69, 9.17) is 17.3 Å². The molecular weight excluding hydrogens is 424 g/mol. The first-order valence-electron chi connectivity index (χ1n) is 9.23. The minimum Gasteiger partial charge on any atom is -0.477 e. The molecule has 0 amide bonds. The van der Waals surface area contributed by atoms with E-state index in [2.05, 4.69) is 0 Å². The fourth-order valence-corrected chi connectivity index (χ4v) is 4.44. The van der Waals surface area contributed by atoms with Gasteiger partial charge in [-0.05, 0) is 38.3 Å². The minimum atomic E-state index is -1.35. The van der Waals surface area contributed by atoms with Gasteiger partial charge in [0.1, 0.15) is 11.4 Å². The average Bonchev–Trinajstić information content (AvgIpc) is 3.39. The van der Waals surface area contributed by atoms with Crippen molar-refractivity contribution in [2.45, 2.75) is 37.3 Å². The number of hydrogen-bond donors (Lipinski definition) is 3. The number of β-amino-alcohol motifs (C(OH)–C–C–N with tert-alkyl or cyclic N) is 1. The molecular formula is C19H22Cl2FN3O4. The molecule has 1 aromatic carbocycles. The highest BCUT2D eigenvalue weighted by atomic mass is 35.5. The molecule has 10 heteroatoms. The van der Waals surface area contributed by atoms with Gasteiger partial charge in [0, 0.05) is 25.3 Å². The molecule has 0 bridgehead atoms. The molecule has 1 saturated carbocycles. The van der Waals surface area contributed by atoms with E-state index in [-0.39, 0.29) is 41.1 Å². The number of anilines is 1. The highest BCUT2D eigenvalue weighted by Crippen LogP contribution is 2.43. The van der Waals surface area contributed by atoms with Gasteiger partial charge in [-0.3, -0.25) is 4.79 Å². The molecule has 4 rings (SSSR count). The lowest BCUT2D eigenvalue weighted by Gasteiger charge is -2.26. The van der Waals surface area contributed by atoms with Crippen LogP contribution in [0.1, 0.15) is 42.1 Å². The second-order valence-corrected chi connectivity index (χ2v) is 8.05. The summed E-state index contributed by atoms with van der Waals surface area (Å²) in [4.78, 5) is 25.7. The molecule has 158 valence electrons. The van der Waals surface area contributed by atoms with Gasteiger partial charge in [0.2, 0.25) is 5.43 Å². The van der Waals surface area contributed by atoms with Crippen LogP contribution in [0, 0.1) is 5.82 Å². The van der Waals surface area contributed by atoms with E-state index in [1.54, 1.807) is 9.47 Å². The Morgan fingerprint density at radius 3 is 2.69 bits per heavy atom. The van der Waals surface area contributed by atoms with Crippen LogP contribution in [0.15, 0.2) is 17.1 Å². The maximum absolute atomic E-state index is 15.0. The molecule has 1 aliphatic heterocycles. The van der Waals surface area contributed by atoms with Crippen LogP contribution in [0.25, 0.3) is 10.9 Å². The van der Waals surface area contributed by atoms with Crippen molar-refractivity contribution in [3.63, 3.8) is 0 Å². The standard InChI is InChI=1S/C19H21ClFN3O4.ClH/c20-14-15-11(17(25)12(18(26)27)8-24(15)10-1-2-10)7-13(21)16(14)23-6-4-19(28,9-23)3-5-22;/h7-8,10,28H,1-6,9,22H2,(H,26,27);1H. The molecule has 29 heavy (non-hydrogen) atoms. The third-order valence-electron chi connectivity index (χ3n) is 5.61. The summed E-state index contributed by atoms with van der Waals surface area (Å²) in [5.74, 6) is -2.07. The van der Waals surface area contributed by atoms with Crippen LogP contribution in [0.4, 0.5) is 10.1 Å². The van der Waals surface area contributed by atoms with Gasteiger partial charge in [0.05, 0.1) is 27.2 Å². The Kier molecular flexibility index (Phi) is 5.84. The lowest BCUT2D eigenvalue weighted by atomic mass is 9.99. The molecule has 0 spiro atoms. The van der Waals surface area contributed by atoms with Crippen LogP contribution in [0.3, 0.4) is 0 Å². The molecule has 4 N–H and O–H groups in total. The zero-order chi connectivity index (χ0) is 20.2. The predicted octanol–water partition coefficient (Wildman–Crippen LogP) is 2.54. The third-order valence-corrected chi connectivity index (χ3v) is 5.97. The van der Waals surface area contributed by atoms with E-state index in [1.165, 1.54) is 6.20 Å². The number of rotatable bonds is 5. The van der Waals surface area contributed by atoms with Crippen LogP contribution in [0.5, 0.6) is 0 Å². The van der Waals surface area contributed by atoms with E-state index in [0.29, 0.717) is 31.4 Å². The number of aromatic carboxylic acids is 1. The Bertz CT molecular complexity index is 1040. The molecule has 2 aliphatic rings.